The minimum absolute atomic E-state index is 0.0971. The first kappa shape index (κ1) is 16.1. The second-order valence-electron chi connectivity index (χ2n) is 4.52. The fraction of sp³-hybridized carbons (Fsp3) is 0.312. The molecule has 0 aliphatic carbocycles. The number of halogens is 2. The number of aromatic nitrogens is 1. The molecule has 5 heteroatoms. The Kier molecular flexibility index (Phi) is 5.85. The molecular weight excluding hydrogens is 307 g/mol. The van der Waals surface area contributed by atoms with Crippen LogP contribution in [0.1, 0.15) is 31.1 Å². The molecule has 0 saturated carbocycles. The number of nitrogens with one attached hydrogen (secondary N) is 1. The highest BCUT2D eigenvalue weighted by atomic mass is 35.5. The van der Waals surface area contributed by atoms with Crippen molar-refractivity contribution in [1.82, 2.24) is 10.3 Å². The molecule has 0 saturated heterocycles. The Morgan fingerprint density at radius 3 is 2.71 bits per heavy atom. The van der Waals surface area contributed by atoms with Gasteiger partial charge in [0.1, 0.15) is 5.75 Å². The predicted octanol–water partition coefficient (Wildman–Crippen LogP) is 4.49. The fourth-order valence-electron chi connectivity index (χ4n) is 2.16. The van der Waals surface area contributed by atoms with Gasteiger partial charge >= 0.3 is 0 Å². The molecule has 1 aromatic heterocycles. The van der Waals surface area contributed by atoms with Crippen molar-refractivity contribution in [2.75, 3.05) is 13.2 Å². The highest BCUT2D eigenvalue weighted by molar-refractivity contribution is 6.34. The summed E-state index contributed by atoms with van der Waals surface area (Å²) in [4.78, 5) is 4.38. The van der Waals surface area contributed by atoms with Crippen molar-refractivity contribution in [3.05, 3.63) is 57.8 Å². The topological polar surface area (TPSA) is 34.1 Å². The van der Waals surface area contributed by atoms with Crippen molar-refractivity contribution in [2.45, 2.75) is 19.9 Å². The molecule has 1 aromatic carbocycles. The lowest BCUT2D eigenvalue weighted by molar-refractivity contribution is 0.339. The van der Waals surface area contributed by atoms with E-state index in [1.54, 1.807) is 12.3 Å². The van der Waals surface area contributed by atoms with Crippen molar-refractivity contribution in [3.63, 3.8) is 0 Å². The van der Waals surface area contributed by atoms with Crippen LogP contribution in [0.2, 0.25) is 10.0 Å². The Morgan fingerprint density at radius 2 is 2.05 bits per heavy atom. The van der Waals surface area contributed by atoms with Crippen LogP contribution in [0.15, 0.2) is 36.5 Å². The Bertz CT molecular complexity index is 605. The molecule has 3 nitrogen and oxygen atoms in total. The standard InChI is InChI=1S/C16H18Cl2N2O/c1-3-19-15(16-14(18)9-12(17)10-20-16)11-6-5-7-13(8-11)21-4-2/h5-10,15,19H,3-4H2,1-2H3. The van der Waals surface area contributed by atoms with Gasteiger partial charge in [-0.2, -0.15) is 0 Å². The smallest absolute Gasteiger partial charge is 0.119 e. The van der Waals surface area contributed by atoms with Crippen molar-refractivity contribution in [3.8, 4) is 5.75 Å². The minimum atomic E-state index is -0.0971. The van der Waals surface area contributed by atoms with E-state index in [1.807, 2.05) is 38.1 Å². The Balaban J connectivity index is 2.40. The van der Waals surface area contributed by atoms with E-state index in [2.05, 4.69) is 10.3 Å². The summed E-state index contributed by atoms with van der Waals surface area (Å²) in [6.45, 7) is 5.44. The van der Waals surface area contributed by atoms with Gasteiger partial charge in [-0.25, -0.2) is 0 Å². The van der Waals surface area contributed by atoms with E-state index < -0.39 is 0 Å². The Labute approximate surface area is 135 Å². The molecule has 0 aliphatic rings. The first-order valence-electron chi connectivity index (χ1n) is 6.92. The summed E-state index contributed by atoms with van der Waals surface area (Å²) in [5.74, 6) is 0.836. The van der Waals surface area contributed by atoms with E-state index in [0.29, 0.717) is 16.7 Å². The van der Waals surface area contributed by atoms with E-state index in [4.69, 9.17) is 27.9 Å². The third kappa shape index (κ3) is 4.10. The lowest BCUT2D eigenvalue weighted by atomic mass is 10.0. The molecule has 2 aromatic rings. The Morgan fingerprint density at radius 1 is 1.24 bits per heavy atom. The van der Waals surface area contributed by atoms with Gasteiger partial charge in [-0.15, -0.1) is 0 Å². The second-order valence-corrected chi connectivity index (χ2v) is 5.36. The quantitative estimate of drug-likeness (QED) is 0.850. The van der Waals surface area contributed by atoms with Gasteiger partial charge in [0.25, 0.3) is 0 Å². The summed E-state index contributed by atoms with van der Waals surface area (Å²) in [7, 11) is 0. The average Bonchev–Trinajstić information content (AvgIpc) is 2.46. The summed E-state index contributed by atoms with van der Waals surface area (Å²) in [6, 6.07) is 9.55. The maximum absolute atomic E-state index is 6.29. The van der Waals surface area contributed by atoms with Crippen molar-refractivity contribution < 1.29 is 4.74 Å². The molecule has 0 spiro atoms. The van der Waals surface area contributed by atoms with Crippen LogP contribution >= 0.6 is 23.2 Å². The van der Waals surface area contributed by atoms with Crippen LogP contribution in [0.25, 0.3) is 0 Å². The SMILES string of the molecule is CCNC(c1cccc(OCC)c1)c1ncc(Cl)cc1Cl. The molecule has 1 atom stereocenters. The number of rotatable bonds is 6. The molecule has 1 heterocycles. The highest BCUT2D eigenvalue weighted by Crippen LogP contribution is 2.30. The van der Waals surface area contributed by atoms with Crippen LogP contribution in [0.4, 0.5) is 0 Å². The lowest BCUT2D eigenvalue weighted by Gasteiger charge is -2.20. The molecule has 2 rings (SSSR count). The highest BCUT2D eigenvalue weighted by Gasteiger charge is 2.18. The first-order chi connectivity index (χ1) is 10.2. The zero-order valence-corrected chi connectivity index (χ0v) is 13.6. The monoisotopic (exact) mass is 324 g/mol. The molecule has 21 heavy (non-hydrogen) atoms. The summed E-state index contributed by atoms with van der Waals surface area (Å²) in [5, 5.41) is 4.48. The van der Waals surface area contributed by atoms with Crippen LogP contribution in [0, 0.1) is 0 Å². The summed E-state index contributed by atoms with van der Waals surface area (Å²) in [6.07, 6.45) is 1.61. The summed E-state index contributed by atoms with van der Waals surface area (Å²) in [5.41, 5.74) is 1.82. The first-order valence-corrected chi connectivity index (χ1v) is 7.68. The van der Waals surface area contributed by atoms with Gasteiger partial charge in [0.15, 0.2) is 0 Å². The normalized spacial score (nSPS) is 12.2. The molecule has 0 aliphatic heterocycles. The van der Waals surface area contributed by atoms with E-state index in [-0.39, 0.29) is 6.04 Å². The molecule has 0 bridgehead atoms. The molecule has 112 valence electrons. The van der Waals surface area contributed by atoms with Gasteiger partial charge in [-0.3, -0.25) is 4.98 Å². The van der Waals surface area contributed by atoms with Crippen LogP contribution in [0.5, 0.6) is 5.75 Å². The molecular formula is C16H18Cl2N2O. The van der Waals surface area contributed by atoms with Crippen LogP contribution in [0.3, 0.4) is 0 Å². The van der Waals surface area contributed by atoms with Crippen molar-refractivity contribution in [2.24, 2.45) is 0 Å². The minimum Gasteiger partial charge on any atom is -0.494 e. The van der Waals surface area contributed by atoms with Crippen LogP contribution < -0.4 is 10.1 Å². The zero-order chi connectivity index (χ0) is 15.2. The van der Waals surface area contributed by atoms with E-state index in [1.165, 1.54) is 0 Å². The molecule has 0 fully saturated rings. The number of hydrogen-bond donors (Lipinski definition) is 1. The summed E-state index contributed by atoms with van der Waals surface area (Å²) < 4.78 is 5.56. The second kappa shape index (κ2) is 7.64. The van der Waals surface area contributed by atoms with E-state index >= 15 is 0 Å². The van der Waals surface area contributed by atoms with Gasteiger partial charge in [0.2, 0.25) is 0 Å². The number of hydrogen-bond acceptors (Lipinski definition) is 3. The average molecular weight is 325 g/mol. The maximum Gasteiger partial charge on any atom is 0.119 e. The third-order valence-electron chi connectivity index (χ3n) is 3.02. The number of ether oxygens (including phenoxy) is 1. The van der Waals surface area contributed by atoms with Crippen molar-refractivity contribution >= 4 is 23.2 Å². The third-order valence-corrected chi connectivity index (χ3v) is 3.53. The van der Waals surface area contributed by atoms with E-state index in [0.717, 1.165) is 23.6 Å². The van der Waals surface area contributed by atoms with Crippen molar-refractivity contribution in [1.29, 1.82) is 0 Å². The number of nitrogens with zero attached hydrogens (tertiary/aromatic N) is 1. The zero-order valence-electron chi connectivity index (χ0n) is 12.1. The molecule has 0 amide bonds. The molecule has 1 N–H and O–H groups in total. The molecule has 0 radical (unpaired) electrons. The number of benzene rings is 1. The Hall–Kier alpha value is -1.29. The fourth-order valence-corrected chi connectivity index (χ4v) is 2.65. The predicted molar refractivity (Wildman–Crippen MR) is 87.4 cm³/mol. The van der Waals surface area contributed by atoms with E-state index in [9.17, 15) is 0 Å². The van der Waals surface area contributed by atoms with Gasteiger partial charge in [-0.05, 0) is 37.2 Å². The number of pyridine rings is 1. The van der Waals surface area contributed by atoms with Gasteiger partial charge < -0.3 is 10.1 Å². The largest absolute Gasteiger partial charge is 0.494 e. The van der Waals surface area contributed by atoms with Crippen LogP contribution in [-0.2, 0) is 0 Å². The molecule has 1 unspecified atom stereocenters. The lowest BCUT2D eigenvalue weighted by Crippen LogP contribution is -2.23. The van der Waals surface area contributed by atoms with Gasteiger partial charge in [0.05, 0.1) is 28.4 Å². The van der Waals surface area contributed by atoms with Crippen LogP contribution in [-0.4, -0.2) is 18.1 Å². The maximum atomic E-state index is 6.29. The van der Waals surface area contributed by atoms with Gasteiger partial charge in [0, 0.05) is 6.20 Å². The van der Waals surface area contributed by atoms with Gasteiger partial charge in [-0.1, -0.05) is 42.3 Å². The summed E-state index contributed by atoms with van der Waals surface area (Å²) >= 11 is 12.2.